The Kier molecular flexibility index (Phi) is 2.05. The van der Waals surface area contributed by atoms with Gasteiger partial charge in [-0.05, 0) is 38.4 Å². The molecule has 0 amide bonds. The van der Waals surface area contributed by atoms with Gasteiger partial charge >= 0.3 is 0 Å². The first-order chi connectivity index (χ1) is 10.4. The molecule has 5 rings (SSSR count). The highest BCUT2D eigenvalue weighted by Crippen LogP contribution is 2.69. The number of aromatic hydroxyl groups is 1. The molecule has 1 saturated carbocycles. The van der Waals surface area contributed by atoms with E-state index in [2.05, 4.69) is 4.90 Å². The highest BCUT2D eigenvalue weighted by Gasteiger charge is 2.74. The number of likely N-dealkylation sites (N-methyl/N-ethyl adjacent to an activating group) is 1. The first-order valence-corrected chi connectivity index (χ1v) is 7.92. The van der Waals surface area contributed by atoms with Crippen LogP contribution in [-0.4, -0.2) is 45.7 Å². The summed E-state index contributed by atoms with van der Waals surface area (Å²) >= 11 is 0. The first-order valence-electron chi connectivity index (χ1n) is 7.92. The van der Waals surface area contributed by atoms with Crippen molar-refractivity contribution in [2.24, 2.45) is 0 Å². The summed E-state index contributed by atoms with van der Waals surface area (Å²) in [7, 11) is 2.03. The maximum atomic E-state index is 12.5. The van der Waals surface area contributed by atoms with Crippen LogP contribution in [0.5, 0.6) is 11.5 Å². The van der Waals surface area contributed by atoms with Gasteiger partial charge in [-0.3, -0.25) is 9.69 Å². The van der Waals surface area contributed by atoms with E-state index in [0.717, 1.165) is 11.1 Å². The van der Waals surface area contributed by atoms with Crippen molar-refractivity contribution in [1.29, 1.82) is 0 Å². The maximum absolute atomic E-state index is 12.5. The molecule has 22 heavy (non-hydrogen) atoms. The van der Waals surface area contributed by atoms with E-state index in [0.29, 0.717) is 25.0 Å². The summed E-state index contributed by atoms with van der Waals surface area (Å²) in [5, 5.41) is 21.8. The van der Waals surface area contributed by atoms with Crippen LogP contribution in [0.25, 0.3) is 0 Å². The van der Waals surface area contributed by atoms with Crippen molar-refractivity contribution in [2.45, 2.75) is 55.4 Å². The number of ketones is 1. The van der Waals surface area contributed by atoms with Gasteiger partial charge in [0.25, 0.3) is 0 Å². The SMILES string of the molecule is C[C@H]1N(C)C2C[C@]34c5c2ccc(O)c5O[C@H]3C(=O)CC[C@@]14O. The molecular weight excluding hydrogens is 282 g/mol. The number of rotatable bonds is 0. The second-order valence-electron chi connectivity index (χ2n) is 7.30. The Bertz CT molecular complexity index is 732. The van der Waals surface area contributed by atoms with Crippen LogP contribution in [0.1, 0.15) is 43.4 Å². The van der Waals surface area contributed by atoms with Crippen molar-refractivity contribution in [3.05, 3.63) is 23.3 Å². The molecular formula is C17H19NO4. The number of nitrogens with zero attached hydrogens (tertiary/aromatic N) is 1. The van der Waals surface area contributed by atoms with E-state index < -0.39 is 17.1 Å². The van der Waals surface area contributed by atoms with Gasteiger partial charge in [-0.25, -0.2) is 0 Å². The van der Waals surface area contributed by atoms with Crippen LogP contribution in [0.3, 0.4) is 0 Å². The highest BCUT2D eigenvalue weighted by molar-refractivity contribution is 5.90. The van der Waals surface area contributed by atoms with Gasteiger partial charge in [0.05, 0.1) is 11.0 Å². The van der Waals surface area contributed by atoms with Crippen molar-refractivity contribution in [3.63, 3.8) is 0 Å². The third-order valence-corrected chi connectivity index (χ3v) is 6.78. The van der Waals surface area contributed by atoms with Gasteiger partial charge in [-0.15, -0.1) is 0 Å². The molecule has 5 nitrogen and oxygen atoms in total. The molecule has 4 aliphatic rings. The molecule has 2 fully saturated rings. The fraction of sp³-hybridized carbons (Fsp3) is 0.588. The number of carbonyl (C=O) groups is 1. The van der Waals surface area contributed by atoms with Gasteiger partial charge in [0.15, 0.2) is 23.4 Å². The summed E-state index contributed by atoms with van der Waals surface area (Å²) in [5.74, 6) is 0.533. The van der Waals surface area contributed by atoms with E-state index in [9.17, 15) is 15.0 Å². The zero-order valence-corrected chi connectivity index (χ0v) is 12.7. The second kappa shape index (κ2) is 3.49. The topological polar surface area (TPSA) is 70.0 Å². The van der Waals surface area contributed by atoms with Crippen LogP contribution >= 0.6 is 0 Å². The van der Waals surface area contributed by atoms with Crippen LogP contribution in [0.15, 0.2) is 12.1 Å². The number of benzene rings is 1. The third kappa shape index (κ3) is 1.04. The summed E-state index contributed by atoms with van der Waals surface area (Å²) in [5.41, 5.74) is 0.285. The molecule has 0 radical (unpaired) electrons. The Hall–Kier alpha value is -1.59. The predicted octanol–water partition coefficient (Wildman–Crippen LogP) is 1.26. The fourth-order valence-electron chi connectivity index (χ4n) is 5.60. The molecule has 2 N–H and O–H groups in total. The van der Waals surface area contributed by atoms with E-state index in [1.807, 2.05) is 20.0 Å². The minimum Gasteiger partial charge on any atom is -0.504 e. The largest absolute Gasteiger partial charge is 0.504 e. The quantitative estimate of drug-likeness (QED) is 0.755. The Morgan fingerprint density at radius 1 is 1.41 bits per heavy atom. The zero-order valence-electron chi connectivity index (χ0n) is 12.7. The lowest BCUT2D eigenvalue weighted by Crippen LogP contribution is -2.71. The van der Waals surface area contributed by atoms with Crippen LogP contribution in [0.2, 0.25) is 0 Å². The highest BCUT2D eigenvalue weighted by atomic mass is 16.5. The van der Waals surface area contributed by atoms with Gasteiger partial charge in [-0.1, -0.05) is 6.07 Å². The normalized spacial score (nSPS) is 44.9. The van der Waals surface area contributed by atoms with Gasteiger partial charge in [0, 0.05) is 24.1 Å². The summed E-state index contributed by atoms with van der Waals surface area (Å²) < 4.78 is 5.91. The number of phenols is 1. The number of fused-ring (bicyclic) bond motifs is 2. The summed E-state index contributed by atoms with van der Waals surface area (Å²) in [4.78, 5) is 14.7. The zero-order chi connectivity index (χ0) is 15.4. The number of Topliss-reactive ketones (excluding diaryl/α,β-unsaturated/α-hetero) is 1. The van der Waals surface area contributed by atoms with Crippen molar-refractivity contribution in [2.75, 3.05) is 7.05 Å². The Morgan fingerprint density at radius 3 is 2.95 bits per heavy atom. The number of phenolic OH excluding ortho intramolecular Hbond substituents is 1. The molecule has 2 bridgehead atoms. The third-order valence-electron chi connectivity index (χ3n) is 6.78. The molecule has 1 spiro atoms. The van der Waals surface area contributed by atoms with E-state index in [4.69, 9.17) is 4.74 Å². The molecule has 1 aromatic carbocycles. The number of hydrogen-bond acceptors (Lipinski definition) is 5. The van der Waals surface area contributed by atoms with Gasteiger partial charge in [0.1, 0.15) is 0 Å². The lowest BCUT2D eigenvalue weighted by Gasteiger charge is -2.57. The van der Waals surface area contributed by atoms with E-state index in [1.54, 1.807) is 6.07 Å². The molecule has 0 aromatic heterocycles. The Labute approximate surface area is 128 Å². The van der Waals surface area contributed by atoms with E-state index in [-0.39, 0.29) is 23.6 Å². The van der Waals surface area contributed by atoms with Crippen molar-refractivity contribution in [3.8, 4) is 11.5 Å². The number of likely N-dealkylation sites (tertiary alicyclic amines) is 1. The second-order valence-corrected chi connectivity index (χ2v) is 7.30. The van der Waals surface area contributed by atoms with Crippen LogP contribution < -0.4 is 4.74 Å². The van der Waals surface area contributed by atoms with E-state index >= 15 is 0 Å². The standard InChI is InChI=1S/C17H19NO4/c1-8-17(21)6-5-12(20)15-16(17)7-10(18(8)2)9-3-4-11(19)14(22-15)13(9)16/h3-4,8,10,15,19,21H,5-7H2,1-2H3/t8-,10?,15+,16+,17-/m1/s1. The lowest BCUT2D eigenvalue weighted by molar-refractivity contribution is -0.182. The van der Waals surface area contributed by atoms with Crippen molar-refractivity contribution >= 4 is 5.78 Å². The molecule has 2 aliphatic carbocycles. The first kappa shape index (κ1) is 12.9. The Morgan fingerprint density at radius 2 is 2.18 bits per heavy atom. The van der Waals surface area contributed by atoms with Gasteiger partial charge < -0.3 is 14.9 Å². The predicted molar refractivity (Wildman–Crippen MR) is 78.0 cm³/mol. The number of hydrogen-bond donors (Lipinski definition) is 2. The number of aliphatic hydroxyl groups is 1. The maximum Gasteiger partial charge on any atom is 0.174 e. The molecule has 2 heterocycles. The molecule has 1 saturated heterocycles. The Balaban J connectivity index is 1.90. The van der Waals surface area contributed by atoms with Crippen LogP contribution in [0.4, 0.5) is 0 Å². The van der Waals surface area contributed by atoms with Gasteiger partial charge in [-0.2, -0.15) is 0 Å². The van der Waals surface area contributed by atoms with Crippen molar-refractivity contribution < 1.29 is 19.7 Å². The minimum atomic E-state index is -0.999. The minimum absolute atomic E-state index is 0.0450. The molecule has 1 aromatic rings. The summed E-state index contributed by atoms with van der Waals surface area (Å²) in [6.07, 6.45) is 0.815. The average Bonchev–Trinajstić information content (AvgIpc) is 3.00. The van der Waals surface area contributed by atoms with Gasteiger partial charge in [0.2, 0.25) is 0 Å². The monoisotopic (exact) mass is 301 g/mol. The summed E-state index contributed by atoms with van der Waals surface area (Å²) in [6, 6.07) is 3.67. The van der Waals surface area contributed by atoms with Crippen LogP contribution in [0, 0.1) is 0 Å². The smallest absolute Gasteiger partial charge is 0.174 e. The summed E-state index contributed by atoms with van der Waals surface area (Å²) in [6.45, 7) is 2.03. The van der Waals surface area contributed by atoms with Crippen LogP contribution in [-0.2, 0) is 10.2 Å². The molecule has 5 atom stereocenters. The number of carbonyl (C=O) groups excluding carboxylic acids is 1. The molecule has 5 heteroatoms. The van der Waals surface area contributed by atoms with E-state index in [1.165, 1.54) is 0 Å². The molecule has 2 aliphatic heterocycles. The fourth-order valence-corrected chi connectivity index (χ4v) is 5.60. The lowest BCUT2D eigenvalue weighted by atomic mass is 9.55. The number of piperidine rings is 1. The van der Waals surface area contributed by atoms with Crippen molar-refractivity contribution in [1.82, 2.24) is 4.90 Å². The average molecular weight is 301 g/mol. The number of ether oxygens (including phenoxy) is 1. The molecule has 1 unspecified atom stereocenters. The molecule has 116 valence electrons.